The molecule has 3 nitrogen and oxygen atoms in total. The van der Waals surface area contributed by atoms with Gasteiger partial charge in [0.05, 0.1) is 0 Å². The number of amides is 1. The summed E-state index contributed by atoms with van der Waals surface area (Å²) in [4.78, 5) is 14.1. The van der Waals surface area contributed by atoms with E-state index in [0.717, 1.165) is 11.1 Å². The fraction of sp³-hybridized carbons (Fsp3) is 0.133. The van der Waals surface area contributed by atoms with Gasteiger partial charge in [0, 0.05) is 29.4 Å². The molecule has 1 amide bonds. The van der Waals surface area contributed by atoms with E-state index in [4.69, 9.17) is 17.3 Å². The second-order valence-electron chi connectivity index (χ2n) is 4.71. The van der Waals surface area contributed by atoms with Gasteiger partial charge in [0.25, 0.3) is 5.91 Å². The van der Waals surface area contributed by atoms with Crippen molar-refractivity contribution >= 4 is 23.2 Å². The number of nitrogens with two attached hydrogens (primary N) is 1. The lowest BCUT2D eigenvalue weighted by molar-refractivity contribution is 0.0766. The quantitative estimate of drug-likeness (QED) is 0.854. The Labute approximate surface area is 116 Å². The predicted molar refractivity (Wildman–Crippen MR) is 75.9 cm³/mol. The SMILES string of the molecule is Nc1ccc2c(c1)C(=O)N(Cc1cccc(Cl)c1)C2. The molecule has 19 heavy (non-hydrogen) atoms. The predicted octanol–water partition coefficient (Wildman–Crippen LogP) is 3.08. The van der Waals surface area contributed by atoms with Gasteiger partial charge in [0.1, 0.15) is 0 Å². The highest BCUT2D eigenvalue weighted by Crippen LogP contribution is 2.26. The van der Waals surface area contributed by atoms with E-state index in [-0.39, 0.29) is 5.91 Å². The number of benzene rings is 2. The molecule has 2 aromatic rings. The van der Waals surface area contributed by atoms with Crippen LogP contribution in [0, 0.1) is 0 Å². The maximum atomic E-state index is 12.3. The summed E-state index contributed by atoms with van der Waals surface area (Å²) in [5.74, 6) is 0.0299. The third kappa shape index (κ3) is 2.29. The summed E-state index contributed by atoms with van der Waals surface area (Å²) in [5, 5.41) is 0.686. The molecule has 2 N–H and O–H groups in total. The van der Waals surface area contributed by atoms with Gasteiger partial charge in [0.15, 0.2) is 0 Å². The first-order valence-electron chi connectivity index (χ1n) is 6.05. The van der Waals surface area contributed by atoms with Gasteiger partial charge in [-0.25, -0.2) is 0 Å². The molecule has 1 heterocycles. The summed E-state index contributed by atoms with van der Waals surface area (Å²) in [6.45, 7) is 1.19. The molecule has 1 aliphatic heterocycles. The molecule has 1 aliphatic rings. The van der Waals surface area contributed by atoms with Gasteiger partial charge in [-0.05, 0) is 35.4 Å². The Bertz CT molecular complexity index is 654. The second kappa shape index (κ2) is 4.59. The van der Waals surface area contributed by atoms with Crippen molar-refractivity contribution in [3.8, 4) is 0 Å². The molecule has 0 atom stereocenters. The molecular weight excluding hydrogens is 260 g/mol. The maximum absolute atomic E-state index is 12.3. The first-order chi connectivity index (χ1) is 9.13. The van der Waals surface area contributed by atoms with Crippen LogP contribution in [-0.2, 0) is 13.1 Å². The lowest BCUT2D eigenvalue weighted by Crippen LogP contribution is -2.23. The van der Waals surface area contributed by atoms with Gasteiger partial charge in [-0.1, -0.05) is 29.8 Å². The fourth-order valence-electron chi connectivity index (χ4n) is 2.36. The van der Waals surface area contributed by atoms with Crippen molar-refractivity contribution in [3.05, 3.63) is 64.2 Å². The smallest absolute Gasteiger partial charge is 0.254 e. The number of hydrogen-bond acceptors (Lipinski definition) is 2. The van der Waals surface area contributed by atoms with E-state index in [9.17, 15) is 4.79 Å². The van der Waals surface area contributed by atoms with Crippen molar-refractivity contribution in [2.24, 2.45) is 0 Å². The fourth-order valence-corrected chi connectivity index (χ4v) is 2.58. The minimum Gasteiger partial charge on any atom is -0.399 e. The lowest BCUT2D eigenvalue weighted by atomic mass is 10.1. The van der Waals surface area contributed by atoms with Gasteiger partial charge in [-0.3, -0.25) is 4.79 Å². The standard InChI is InChI=1S/C15H13ClN2O/c16-12-3-1-2-10(6-12)8-18-9-11-4-5-13(17)7-14(11)15(18)19/h1-7H,8-9,17H2. The van der Waals surface area contributed by atoms with Crippen LogP contribution in [0.2, 0.25) is 5.02 Å². The Morgan fingerprint density at radius 2 is 2.05 bits per heavy atom. The molecule has 2 aromatic carbocycles. The van der Waals surface area contributed by atoms with Crippen LogP contribution in [0.4, 0.5) is 5.69 Å². The van der Waals surface area contributed by atoms with Crippen LogP contribution in [0.1, 0.15) is 21.5 Å². The molecule has 96 valence electrons. The maximum Gasteiger partial charge on any atom is 0.254 e. The normalized spacial score (nSPS) is 13.7. The summed E-state index contributed by atoms with van der Waals surface area (Å²) in [5.41, 5.74) is 9.11. The van der Waals surface area contributed by atoms with Crippen LogP contribution in [-0.4, -0.2) is 10.8 Å². The van der Waals surface area contributed by atoms with E-state index >= 15 is 0 Å². The molecule has 0 fully saturated rings. The van der Waals surface area contributed by atoms with Crippen LogP contribution in [0.5, 0.6) is 0 Å². The van der Waals surface area contributed by atoms with Crippen molar-refractivity contribution < 1.29 is 4.79 Å². The van der Waals surface area contributed by atoms with Crippen LogP contribution < -0.4 is 5.73 Å². The Hall–Kier alpha value is -2.00. The average Bonchev–Trinajstić information content (AvgIpc) is 2.67. The Morgan fingerprint density at radius 3 is 2.84 bits per heavy atom. The molecule has 4 heteroatoms. The molecule has 0 saturated heterocycles. The molecule has 0 saturated carbocycles. The highest BCUT2D eigenvalue weighted by atomic mass is 35.5. The van der Waals surface area contributed by atoms with Crippen LogP contribution in [0.3, 0.4) is 0 Å². The van der Waals surface area contributed by atoms with Crippen molar-refractivity contribution in [2.75, 3.05) is 5.73 Å². The molecule has 0 aromatic heterocycles. The van der Waals surface area contributed by atoms with E-state index in [1.54, 1.807) is 11.0 Å². The minimum absolute atomic E-state index is 0.0299. The summed E-state index contributed by atoms with van der Waals surface area (Å²) < 4.78 is 0. The second-order valence-corrected chi connectivity index (χ2v) is 5.14. The number of fused-ring (bicyclic) bond motifs is 1. The van der Waals surface area contributed by atoms with Gasteiger partial charge in [0.2, 0.25) is 0 Å². The number of carbonyl (C=O) groups excluding carboxylic acids is 1. The molecular formula is C15H13ClN2O. The van der Waals surface area contributed by atoms with Crippen LogP contribution in [0.25, 0.3) is 0 Å². The number of hydrogen-bond donors (Lipinski definition) is 1. The number of rotatable bonds is 2. The number of anilines is 1. The van der Waals surface area contributed by atoms with E-state index in [1.165, 1.54) is 0 Å². The minimum atomic E-state index is 0.0299. The molecule has 0 radical (unpaired) electrons. The van der Waals surface area contributed by atoms with Gasteiger partial charge < -0.3 is 10.6 Å². The Balaban J connectivity index is 1.84. The number of halogens is 1. The zero-order valence-corrected chi connectivity index (χ0v) is 11.0. The molecule has 0 bridgehead atoms. The number of nitrogen functional groups attached to an aromatic ring is 1. The molecule has 3 rings (SSSR count). The summed E-state index contributed by atoms with van der Waals surface area (Å²) in [6, 6.07) is 13.1. The highest BCUT2D eigenvalue weighted by Gasteiger charge is 2.27. The van der Waals surface area contributed by atoms with Gasteiger partial charge in [-0.15, -0.1) is 0 Å². The zero-order valence-electron chi connectivity index (χ0n) is 10.3. The topological polar surface area (TPSA) is 46.3 Å². The molecule has 0 spiro atoms. The van der Waals surface area contributed by atoms with Crippen molar-refractivity contribution in [2.45, 2.75) is 13.1 Å². The number of nitrogens with zero attached hydrogens (tertiary/aromatic N) is 1. The van der Waals surface area contributed by atoms with E-state index < -0.39 is 0 Å². The van der Waals surface area contributed by atoms with E-state index in [0.29, 0.717) is 29.4 Å². The van der Waals surface area contributed by atoms with Gasteiger partial charge >= 0.3 is 0 Å². The number of carbonyl (C=O) groups is 1. The van der Waals surface area contributed by atoms with Crippen molar-refractivity contribution in [3.63, 3.8) is 0 Å². The van der Waals surface area contributed by atoms with Crippen LogP contribution in [0.15, 0.2) is 42.5 Å². The monoisotopic (exact) mass is 272 g/mol. The summed E-state index contributed by atoms with van der Waals surface area (Å²) in [7, 11) is 0. The van der Waals surface area contributed by atoms with E-state index in [1.807, 2.05) is 36.4 Å². The van der Waals surface area contributed by atoms with Gasteiger partial charge in [-0.2, -0.15) is 0 Å². The highest BCUT2D eigenvalue weighted by molar-refractivity contribution is 6.30. The van der Waals surface area contributed by atoms with Crippen molar-refractivity contribution in [1.82, 2.24) is 4.90 Å². The first-order valence-corrected chi connectivity index (χ1v) is 6.43. The summed E-state index contributed by atoms with van der Waals surface area (Å²) >= 11 is 5.96. The molecule has 0 unspecified atom stereocenters. The Morgan fingerprint density at radius 1 is 1.21 bits per heavy atom. The van der Waals surface area contributed by atoms with Crippen LogP contribution >= 0.6 is 11.6 Å². The Kier molecular flexibility index (Phi) is 2.91. The zero-order chi connectivity index (χ0) is 13.4. The first kappa shape index (κ1) is 12.1. The molecule has 0 aliphatic carbocycles. The average molecular weight is 273 g/mol. The van der Waals surface area contributed by atoms with Crippen molar-refractivity contribution in [1.29, 1.82) is 0 Å². The third-order valence-electron chi connectivity index (χ3n) is 3.28. The van der Waals surface area contributed by atoms with E-state index in [2.05, 4.69) is 0 Å². The largest absolute Gasteiger partial charge is 0.399 e. The third-order valence-corrected chi connectivity index (χ3v) is 3.51. The summed E-state index contributed by atoms with van der Waals surface area (Å²) in [6.07, 6.45) is 0. The lowest BCUT2D eigenvalue weighted by Gasteiger charge is -2.15.